The topological polar surface area (TPSA) is 193 Å². The Morgan fingerprint density at radius 2 is 1.48 bits per heavy atom. The van der Waals surface area contributed by atoms with Crippen LogP contribution < -0.4 is 10.2 Å². The lowest BCUT2D eigenvalue weighted by atomic mass is 9.94. The molecule has 0 N–H and O–H groups in total. The van der Waals surface area contributed by atoms with Crippen molar-refractivity contribution in [2.75, 3.05) is 19.8 Å². The van der Waals surface area contributed by atoms with Crippen LogP contribution in [0.5, 0.6) is 5.75 Å². The number of hydrogen-bond donors (Lipinski definition) is 0. The second-order valence-corrected chi connectivity index (χ2v) is 10.7. The van der Waals surface area contributed by atoms with E-state index in [0.717, 1.165) is 20.8 Å². The number of rotatable bonds is 11. The van der Waals surface area contributed by atoms with Crippen LogP contribution >= 0.6 is 11.3 Å². The van der Waals surface area contributed by atoms with Gasteiger partial charge in [-0.1, -0.05) is 0 Å². The van der Waals surface area contributed by atoms with Gasteiger partial charge in [0.2, 0.25) is 11.2 Å². The molecule has 5 atom stereocenters. The molecule has 15 nitrogen and oxygen atoms in total. The number of benzene rings is 1. The Kier molecular flexibility index (Phi) is 11.1. The summed E-state index contributed by atoms with van der Waals surface area (Å²) in [5.41, 5.74) is 1.22. The summed E-state index contributed by atoms with van der Waals surface area (Å²) in [5, 5.41) is 1.74. The summed E-state index contributed by atoms with van der Waals surface area (Å²) in [4.78, 5) is 78.1. The number of aromatic nitrogens is 1. The van der Waals surface area contributed by atoms with E-state index in [2.05, 4.69) is 4.98 Å². The first kappa shape index (κ1) is 34.1. The molecule has 16 heteroatoms. The zero-order valence-electron chi connectivity index (χ0n) is 25.5. The Balaban J connectivity index is 1.69. The first-order chi connectivity index (χ1) is 21.9. The molecule has 0 radical (unpaired) electrons. The van der Waals surface area contributed by atoms with Crippen molar-refractivity contribution in [2.24, 2.45) is 0 Å². The Morgan fingerprint density at radius 1 is 0.848 bits per heavy atom. The quantitative estimate of drug-likeness (QED) is 0.215. The van der Waals surface area contributed by atoms with Gasteiger partial charge in [0.1, 0.15) is 36.8 Å². The van der Waals surface area contributed by atoms with Gasteiger partial charge in [-0.05, 0) is 19.1 Å². The van der Waals surface area contributed by atoms with Crippen molar-refractivity contribution in [2.45, 2.75) is 65.1 Å². The molecule has 246 valence electrons. The van der Waals surface area contributed by atoms with Crippen LogP contribution in [0, 0.1) is 0 Å². The molecular weight excluding hydrogens is 630 g/mol. The largest absolute Gasteiger partial charge is 0.491 e. The van der Waals surface area contributed by atoms with Gasteiger partial charge in [0.05, 0.1) is 28.8 Å². The lowest BCUT2D eigenvalue weighted by Gasteiger charge is -2.44. The van der Waals surface area contributed by atoms with Crippen LogP contribution in [0.4, 0.5) is 0 Å². The van der Waals surface area contributed by atoms with Crippen molar-refractivity contribution in [1.29, 1.82) is 0 Å². The summed E-state index contributed by atoms with van der Waals surface area (Å²) >= 11 is 1.24. The molecule has 1 aromatic carbocycles. The molecule has 46 heavy (non-hydrogen) atoms. The summed E-state index contributed by atoms with van der Waals surface area (Å²) in [6.45, 7) is 5.45. The molecular formula is C30H31NO14S. The van der Waals surface area contributed by atoms with Crippen LogP contribution in [0.15, 0.2) is 38.3 Å². The third-order valence-corrected chi connectivity index (χ3v) is 7.10. The number of hydrogen-bond acceptors (Lipinski definition) is 16. The Labute approximate surface area is 265 Å². The molecule has 1 aliphatic rings. The van der Waals surface area contributed by atoms with E-state index in [1.54, 1.807) is 12.3 Å². The van der Waals surface area contributed by atoms with Gasteiger partial charge in [0, 0.05) is 39.1 Å². The Morgan fingerprint density at radius 3 is 2.04 bits per heavy atom. The van der Waals surface area contributed by atoms with Gasteiger partial charge in [-0.2, -0.15) is 0 Å². The maximum atomic E-state index is 13.5. The van der Waals surface area contributed by atoms with E-state index < -0.39 is 72.4 Å². The fraction of sp³-hybridized carbons (Fsp3) is 0.433. The van der Waals surface area contributed by atoms with Gasteiger partial charge >= 0.3 is 29.8 Å². The average molecular weight is 662 g/mol. The average Bonchev–Trinajstić information content (AvgIpc) is 3.51. The van der Waals surface area contributed by atoms with Gasteiger partial charge in [-0.25, -0.2) is 9.78 Å². The Bertz CT molecular complexity index is 1670. The molecule has 0 aliphatic carbocycles. The number of ether oxygens (including phenoxy) is 7. The monoisotopic (exact) mass is 661 g/mol. The minimum atomic E-state index is -1.36. The predicted molar refractivity (Wildman–Crippen MR) is 157 cm³/mol. The summed E-state index contributed by atoms with van der Waals surface area (Å²) < 4.78 is 44.3. The molecule has 1 aliphatic heterocycles. The number of carbonyl (C=O) groups is 5. The predicted octanol–water partition coefficient (Wildman–Crippen LogP) is 2.60. The molecule has 0 bridgehead atoms. The standard InChI is InChI=1S/C30H31NO14S/c1-6-38-30(37)28-24(20-12-46-13-31-20)25(36)19-8-7-18(9-21(19)45-28)40-11-23-27(42-16(4)34)29(43-17(5)35)26(41-15(3)33)22(44-23)10-39-14(2)32/h7-9,12-13,22-23,26-27,29H,6,10-11H2,1-5H3/t22-,23+,26+,27+,29-/m1/s1. The maximum Gasteiger partial charge on any atom is 0.375 e. The first-order valence-corrected chi connectivity index (χ1v) is 14.9. The second kappa shape index (κ2) is 15.0. The fourth-order valence-electron chi connectivity index (χ4n) is 4.80. The van der Waals surface area contributed by atoms with E-state index in [9.17, 15) is 28.8 Å². The van der Waals surface area contributed by atoms with Crippen LogP contribution in [0.1, 0.15) is 45.2 Å². The van der Waals surface area contributed by atoms with E-state index in [0.29, 0.717) is 0 Å². The van der Waals surface area contributed by atoms with Gasteiger partial charge in [0.15, 0.2) is 18.3 Å². The zero-order chi connectivity index (χ0) is 33.5. The van der Waals surface area contributed by atoms with E-state index in [4.69, 9.17) is 37.6 Å². The van der Waals surface area contributed by atoms with Crippen LogP contribution in [0.25, 0.3) is 22.2 Å². The van der Waals surface area contributed by atoms with Crippen molar-refractivity contribution in [3.63, 3.8) is 0 Å². The van der Waals surface area contributed by atoms with Crippen molar-refractivity contribution < 1.29 is 61.5 Å². The van der Waals surface area contributed by atoms with Gasteiger partial charge < -0.3 is 37.6 Å². The van der Waals surface area contributed by atoms with Crippen molar-refractivity contribution in [3.8, 4) is 17.0 Å². The smallest absolute Gasteiger partial charge is 0.375 e. The molecule has 1 saturated heterocycles. The van der Waals surface area contributed by atoms with Crippen LogP contribution in [-0.4, -0.2) is 85.2 Å². The Hall–Kier alpha value is -4.83. The molecule has 0 unspecified atom stereocenters. The third kappa shape index (κ3) is 8.06. The summed E-state index contributed by atoms with van der Waals surface area (Å²) in [6.07, 6.45) is -6.30. The van der Waals surface area contributed by atoms with Gasteiger partial charge in [-0.3, -0.25) is 24.0 Å². The van der Waals surface area contributed by atoms with Crippen LogP contribution in [0.2, 0.25) is 0 Å². The SMILES string of the molecule is CCOC(=O)c1oc2cc(OC[C@@H]3O[C@H](COC(C)=O)[C@H](OC(C)=O)[C@@H](OC(C)=O)[C@H]3OC(C)=O)ccc2c(=O)c1-c1cscn1. The molecule has 1 fully saturated rings. The lowest BCUT2D eigenvalue weighted by molar-refractivity contribution is -0.255. The zero-order valence-corrected chi connectivity index (χ0v) is 26.3. The summed E-state index contributed by atoms with van der Waals surface area (Å²) in [6, 6.07) is 4.28. The second-order valence-electron chi connectivity index (χ2n) is 9.94. The fourth-order valence-corrected chi connectivity index (χ4v) is 5.35. The molecule has 4 rings (SSSR count). The normalized spacial score (nSPS) is 20.8. The van der Waals surface area contributed by atoms with E-state index in [1.807, 2.05) is 0 Å². The highest BCUT2D eigenvalue weighted by atomic mass is 32.1. The lowest BCUT2D eigenvalue weighted by Crippen LogP contribution is -2.63. The molecule has 3 aromatic rings. The number of carbonyl (C=O) groups excluding carboxylic acids is 5. The highest BCUT2D eigenvalue weighted by Crippen LogP contribution is 2.31. The minimum absolute atomic E-state index is 0.00563. The highest BCUT2D eigenvalue weighted by Gasteiger charge is 2.52. The number of thiazole rings is 1. The molecule has 0 amide bonds. The van der Waals surface area contributed by atoms with Crippen LogP contribution in [0.3, 0.4) is 0 Å². The first-order valence-electron chi connectivity index (χ1n) is 14.0. The van der Waals surface area contributed by atoms with E-state index in [1.165, 1.54) is 42.0 Å². The van der Waals surface area contributed by atoms with Crippen molar-refractivity contribution >= 4 is 52.2 Å². The van der Waals surface area contributed by atoms with Gasteiger partial charge in [-0.15, -0.1) is 11.3 Å². The molecule has 0 saturated carbocycles. The number of nitrogens with zero attached hydrogens (tertiary/aromatic N) is 1. The highest BCUT2D eigenvalue weighted by molar-refractivity contribution is 7.07. The number of esters is 5. The van der Waals surface area contributed by atoms with E-state index in [-0.39, 0.29) is 47.0 Å². The number of fused-ring (bicyclic) bond motifs is 1. The van der Waals surface area contributed by atoms with Crippen molar-refractivity contribution in [1.82, 2.24) is 4.98 Å². The molecule has 3 heterocycles. The molecule has 0 spiro atoms. The summed E-state index contributed by atoms with van der Waals surface area (Å²) in [5.74, 6) is -3.97. The minimum Gasteiger partial charge on any atom is -0.491 e. The van der Waals surface area contributed by atoms with Gasteiger partial charge in [0.25, 0.3) is 0 Å². The summed E-state index contributed by atoms with van der Waals surface area (Å²) in [7, 11) is 0. The third-order valence-electron chi connectivity index (χ3n) is 6.51. The van der Waals surface area contributed by atoms with E-state index >= 15 is 0 Å². The van der Waals surface area contributed by atoms with Crippen molar-refractivity contribution in [3.05, 3.63) is 45.1 Å². The molecule has 2 aromatic heterocycles. The maximum absolute atomic E-state index is 13.5. The van der Waals surface area contributed by atoms with Crippen LogP contribution in [-0.2, 0) is 47.6 Å².